The Bertz CT molecular complexity index is 1200. The number of fused-ring (bicyclic) bond motifs is 1. The normalized spacial score (nSPS) is 14.3. The third-order valence-corrected chi connectivity index (χ3v) is 5.91. The van der Waals surface area contributed by atoms with Crippen molar-refractivity contribution in [2.75, 3.05) is 44.6 Å². The lowest BCUT2D eigenvalue weighted by Crippen LogP contribution is -2.48. The van der Waals surface area contributed by atoms with Crippen molar-refractivity contribution in [2.45, 2.75) is 12.8 Å². The molecule has 37 heavy (non-hydrogen) atoms. The van der Waals surface area contributed by atoms with Gasteiger partial charge in [-0.3, -0.25) is 9.69 Å². The van der Waals surface area contributed by atoms with E-state index in [4.69, 9.17) is 10.2 Å². The number of hydrogen-bond acceptors (Lipinski definition) is 5. The van der Waals surface area contributed by atoms with Gasteiger partial charge in [0.15, 0.2) is 0 Å². The number of H-pyrrole nitrogens is 1. The third kappa shape index (κ3) is 9.51. The number of aromatic nitrogens is 1. The number of carbonyl (C=O) groups excluding carboxylic acids is 1. The fourth-order valence-corrected chi connectivity index (χ4v) is 4.09. The van der Waals surface area contributed by atoms with Crippen LogP contribution < -0.4 is 5.32 Å². The molecule has 10 heteroatoms. The molecule has 0 unspecified atom stereocenters. The van der Waals surface area contributed by atoms with Gasteiger partial charge in [-0.2, -0.15) is 0 Å². The van der Waals surface area contributed by atoms with E-state index in [1.54, 1.807) is 12.1 Å². The van der Waals surface area contributed by atoms with Crippen molar-refractivity contribution in [3.8, 4) is 0 Å². The summed E-state index contributed by atoms with van der Waals surface area (Å²) in [5, 5.41) is 19.6. The topological polar surface area (TPSA) is 126 Å². The highest BCUT2D eigenvalue weighted by Crippen LogP contribution is 2.20. The van der Waals surface area contributed by atoms with E-state index in [2.05, 4.69) is 20.1 Å². The number of aliphatic carboxylic acids is 2. The molecule has 1 aliphatic rings. The van der Waals surface area contributed by atoms with Gasteiger partial charge in [-0.25, -0.2) is 14.0 Å². The molecule has 1 aliphatic heterocycles. The maximum atomic E-state index is 13.5. The molecular weight excluding hydrogens is 479 g/mol. The Morgan fingerprint density at radius 1 is 0.946 bits per heavy atom. The standard InChI is InChI=1S/C23H27FN4O.C4H4O4/c24-19-8-9-22-21(15-19)18(16-25-22)5-4-10-27-11-13-28(14-12-27)17-23(29)26-20-6-2-1-3-7-20;5-3(6)1-2-4(7)8/h1-3,6-9,15-16,25H,4-5,10-14,17H2,(H,26,29);1-2H,(H,5,6)(H,7,8). The van der Waals surface area contributed by atoms with Crippen molar-refractivity contribution in [3.05, 3.63) is 78.3 Å². The Kier molecular flexibility index (Phi) is 10.4. The number of halogens is 1. The number of amides is 1. The lowest BCUT2D eigenvalue weighted by molar-refractivity contribution is -0.134. The molecule has 1 saturated heterocycles. The van der Waals surface area contributed by atoms with Crippen LogP contribution in [0.2, 0.25) is 0 Å². The summed E-state index contributed by atoms with van der Waals surface area (Å²) in [6.45, 7) is 5.21. The number of piperazine rings is 1. The average molecular weight is 511 g/mol. The number of aryl methyl sites for hydroxylation is 1. The van der Waals surface area contributed by atoms with E-state index in [0.717, 1.165) is 62.2 Å². The van der Waals surface area contributed by atoms with Crippen molar-refractivity contribution in [1.82, 2.24) is 14.8 Å². The van der Waals surface area contributed by atoms with Gasteiger partial charge in [0, 0.05) is 61.1 Å². The van der Waals surface area contributed by atoms with Crippen LogP contribution >= 0.6 is 0 Å². The van der Waals surface area contributed by atoms with E-state index in [-0.39, 0.29) is 11.7 Å². The van der Waals surface area contributed by atoms with Crippen LogP contribution in [0.3, 0.4) is 0 Å². The van der Waals surface area contributed by atoms with Gasteiger partial charge in [0.2, 0.25) is 5.91 Å². The first-order valence-electron chi connectivity index (χ1n) is 12.0. The summed E-state index contributed by atoms with van der Waals surface area (Å²) in [6, 6.07) is 14.5. The molecule has 1 aromatic heterocycles. The molecule has 0 bridgehead atoms. The zero-order valence-corrected chi connectivity index (χ0v) is 20.4. The van der Waals surface area contributed by atoms with Crippen molar-refractivity contribution in [2.24, 2.45) is 0 Å². The second kappa shape index (κ2) is 13.9. The summed E-state index contributed by atoms with van der Waals surface area (Å²) < 4.78 is 13.5. The molecule has 0 aliphatic carbocycles. The monoisotopic (exact) mass is 510 g/mol. The quantitative estimate of drug-likeness (QED) is 0.326. The minimum atomic E-state index is -1.26. The highest BCUT2D eigenvalue weighted by Gasteiger charge is 2.19. The van der Waals surface area contributed by atoms with Gasteiger partial charge in [-0.05, 0) is 55.3 Å². The molecule has 4 N–H and O–H groups in total. The molecule has 1 amide bonds. The summed E-state index contributed by atoms with van der Waals surface area (Å²) in [5.41, 5.74) is 3.01. The predicted octanol–water partition coefficient (Wildman–Crippen LogP) is 3.21. The number of benzene rings is 2. The number of nitrogens with zero attached hydrogens (tertiary/aromatic N) is 2. The first-order chi connectivity index (χ1) is 17.8. The van der Waals surface area contributed by atoms with E-state index in [1.807, 2.05) is 36.5 Å². The summed E-state index contributed by atoms with van der Waals surface area (Å²) in [5.74, 6) is -2.67. The number of carboxylic acids is 2. The zero-order valence-electron chi connectivity index (χ0n) is 20.4. The van der Waals surface area contributed by atoms with Crippen molar-refractivity contribution in [3.63, 3.8) is 0 Å². The highest BCUT2D eigenvalue weighted by molar-refractivity contribution is 5.92. The van der Waals surface area contributed by atoms with Crippen LogP contribution in [-0.4, -0.2) is 82.1 Å². The number of carbonyl (C=O) groups is 3. The molecular formula is C27H31FN4O5. The van der Waals surface area contributed by atoms with Gasteiger partial charge in [0.1, 0.15) is 5.82 Å². The number of para-hydroxylation sites is 1. The fraction of sp³-hybridized carbons (Fsp3) is 0.296. The molecule has 9 nitrogen and oxygen atoms in total. The Morgan fingerprint density at radius 3 is 2.24 bits per heavy atom. The van der Waals surface area contributed by atoms with E-state index < -0.39 is 11.9 Å². The lowest BCUT2D eigenvalue weighted by atomic mass is 10.1. The Labute approximate surface area is 214 Å². The number of hydrogen-bond donors (Lipinski definition) is 4. The number of nitrogens with one attached hydrogen (secondary N) is 2. The molecule has 3 aromatic rings. The van der Waals surface area contributed by atoms with Crippen LogP contribution in [0.15, 0.2) is 66.9 Å². The van der Waals surface area contributed by atoms with Gasteiger partial charge in [-0.15, -0.1) is 0 Å². The lowest BCUT2D eigenvalue weighted by Gasteiger charge is -2.34. The first-order valence-corrected chi connectivity index (χ1v) is 12.0. The van der Waals surface area contributed by atoms with Crippen molar-refractivity contribution in [1.29, 1.82) is 0 Å². The summed E-state index contributed by atoms with van der Waals surface area (Å²) in [6.07, 6.45) is 5.08. The molecule has 2 aromatic carbocycles. The minimum Gasteiger partial charge on any atom is -0.478 e. The fourth-order valence-electron chi connectivity index (χ4n) is 4.09. The predicted molar refractivity (Wildman–Crippen MR) is 139 cm³/mol. The third-order valence-electron chi connectivity index (χ3n) is 5.91. The Morgan fingerprint density at radius 2 is 1.59 bits per heavy atom. The van der Waals surface area contributed by atoms with Crippen LogP contribution in [0.4, 0.5) is 10.1 Å². The maximum absolute atomic E-state index is 13.5. The Balaban J connectivity index is 0.000000414. The van der Waals surface area contributed by atoms with Crippen molar-refractivity contribution < 1.29 is 29.0 Å². The molecule has 1 fully saturated rings. The molecule has 0 atom stereocenters. The highest BCUT2D eigenvalue weighted by atomic mass is 19.1. The second-order valence-corrected chi connectivity index (χ2v) is 8.65. The summed E-state index contributed by atoms with van der Waals surface area (Å²) >= 11 is 0. The molecule has 0 radical (unpaired) electrons. The first kappa shape index (κ1) is 27.6. The molecule has 4 rings (SSSR count). The number of anilines is 1. The zero-order chi connectivity index (χ0) is 26.6. The van der Waals surface area contributed by atoms with E-state index in [0.29, 0.717) is 18.7 Å². The molecule has 196 valence electrons. The average Bonchev–Trinajstić information content (AvgIpc) is 3.27. The maximum Gasteiger partial charge on any atom is 0.328 e. The van der Waals surface area contributed by atoms with Gasteiger partial charge < -0.3 is 25.4 Å². The van der Waals surface area contributed by atoms with E-state index in [1.165, 1.54) is 11.6 Å². The summed E-state index contributed by atoms with van der Waals surface area (Å²) in [7, 11) is 0. The van der Waals surface area contributed by atoms with Gasteiger partial charge in [0.05, 0.1) is 6.54 Å². The van der Waals surface area contributed by atoms with E-state index in [9.17, 15) is 18.8 Å². The van der Waals surface area contributed by atoms with Gasteiger partial charge in [0.25, 0.3) is 0 Å². The van der Waals surface area contributed by atoms with E-state index >= 15 is 0 Å². The van der Waals surface area contributed by atoms with Crippen LogP contribution in [0, 0.1) is 5.82 Å². The molecule has 0 saturated carbocycles. The number of rotatable bonds is 9. The SMILES string of the molecule is O=C(CN1CCN(CCCc2c[nH]c3ccc(F)cc23)CC1)Nc1ccccc1.O=C(O)C=CC(=O)O. The minimum absolute atomic E-state index is 0.0382. The number of aromatic amines is 1. The van der Waals surface area contributed by atoms with Gasteiger partial charge in [-0.1, -0.05) is 18.2 Å². The molecule has 0 spiro atoms. The Hall–Kier alpha value is -4.02. The number of carboxylic acid groups (broad SMARTS) is 2. The van der Waals surface area contributed by atoms with Crippen LogP contribution in [0.25, 0.3) is 10.9 Å². The second-order valence-electron chi connectivity index (χ2n) is 8.65. The smallest absolute Gasteiger partial charge is 0.328 e. The molecule has 2 heterocycles. The summed E-state index contributed by atoms with van der Waals surface area (Å²) in [4.78, 5) is 39.2. The van der Waals surface area contributed by atoms with Gasteiger partial charge >= 0.3 is 11.9 Å². The van der Waals surface area contributed by atoms with Crippen LogP contribution in [-0.2, 0) is 20.8 Å². The van der Waals surface area contributed by atoms with Crippen molar-refractivity contribution >= 4 is 34.4 Å². The van der Waals surface area contributed by atoms with Crippen LogP contribution in [0.5, 0.6) is 0 Å². The largest absolute Gasteiger partial charge is 0.478 e. The van der Waals surface area contributed by atoms with Crippen LogP contribution in [0.1, 0.15) is 12.0 Å².